The number of carboxylic acids is 1. The predicted molar refractivity (Wildman–Crippen MR) is 125 cm³/mol. The Balaban J connectivity index is 1.14. The Bertz CT molecular complexity index is 1120. The third-order valence-corrected chi connectivity index (χ3v) is 6.48. The van der Waals surface area contributed by atoms with Crippen LogP contribution in [0.1, 0.15) is 40.2 Å². The SMILES string of the molecule is O=C(NC1CCN(c2ccc(C(=O)O)cn2)CC1)OCC1c2ccccc2-c2ccccc21. The van der Waals surface area contributed by atoms with Crippen LogP contribution in [0.5, 0.6) is 0 Å². The maximum Gasteiger partial charge on any atom is 0.407 e. The summed E-state index contributed by atoms with van der Waals surface area (Å²) in [7, 11) is 0. The minimum absolute atomic E-state index is 0.0372. The highest BCUT2D eigenvalue weighted by molar-refractivity contribution is 5.87. The van der Waals surface area contributed by atoms with Gasteiger partial charge < -0.3 is 20.1 Å². The number of alkyl carbamates (subject to hydrolysis) is 1. The Morgan fingerprint density at radius 3 is 2.18 bits per heavy atom. The molecule has 168 valence electrons. The molecular formula is C26H25N3O4. The van der Waals surface area contributed by atoms with Gasteiger partial charge in [-0.25, -0.2) is 14.6 Å². The molecule has 7 heteroatoms. The number of nitrogens with zero attached hydrogens (tertiary/aromatic N) is 2. The average Bonchev–Trinajstić information content (AvgIpc) is 3.17. The summed E-state index contributed by atoms with van der Waals surface area (Å²) >= 11 is 0. The molecule has 1 saturated heterocycles. The normalized spacial score (nSPS) is 15.6. The Kier molecular flexibility index (Phi) is 5.69. The fourth-order valence-corrected chi connectivity index (χ4v) is 4.76. The Morgan fingerprint density at radius 1 is 0.970 bits per heavy atom. The lowest BCUT2D eigenvalue weighted by Crippen LogP contribution is -2.45. The molecule has 0 saturated carbocycles. The number of carboxylic acid groups (broad SMARTS) is 1. The van der Waals surface area contributed by atoms with Crippen molar-refractivity contribution >= 4 is 17.9 Å². The lowest BCUT2D eigenvalue weighted by atomic mass is 9.98. The molecule has 33 heavy (non-hydrogen) atoms. The zero-order chi connectivity index (χ0) is 22.8. The number of anilines is 1. The highest BCUT2D eigenvalue weighted by atomic mass is 16.5. The van der Waals surface area contributed by atoms with Crippen LogP contribution in [0.25, 0.3) is 11.1 Å². The maximum absolute atomic E-state index is 12.5. The molecule has 0 atom stereocenters. The molecule has 0 spiro atoms. The smallest absolute Gasteiger partial charge is 0.407 e. The van der Waals surface area contributed by atoms with Gasteiger partial charge in [-0.1, -0.05) is 48.5 Å². The quantitative estimate of drug-likeness (QED) is 0.611. The van der Waals surface area contributed by atoms with Crippen LogP contribution in [-0.4, -0.2) is 47.9 Å². The minimum Gasteiger partial charge on any atom is -0.478 e. The van der Waals surface area contributed by atoms with Crippen LogP contribution >= 0.6 is 0 Å². The molecule has 7 nitrogen and oxygen atoms in total. The van der Waals surface area contributed by atoms with E-state index in [1.165, 1.54) is 28.5 Å². The van der Waals surface area contributed by atoms with Crippen molar-refractivity contribution in [1.29, 1.82) is 0 Å². The summed E-state index contributed by atoms with van der Waals surface area (Å²) < 4.78 is 5.66. The van der Waals surface area contributed by atoms with Crippen molar-refractivity contribution in [2.24, 2.45) is 0 Å². The van der Waals surface area contributed by atoms with Crippen molar-refractivity contribution in [2.75, 3.05) is 24.6 Å². The van der Waals surface area contributed by atoms with Gasteiger partial charge >= 0.3 is 12.1 Å². The first-order chi connectivity index (χ1) is 16.1. The van der Waals surface area contributed by atoms with Gasteiger partial charge in [0.1, 0.15) is 12.4 Å². The lowest BCUT2D eigenvalue weighted by molar-refractivity contribution is 0.0696. The molecule has 2 heterocycles. The van der Waals surface area contributed by atoms with E-state index in [4.69, 9.17) is 9.84 Å². The first kappa shape index (κ1) is 21.0. The van der Waals surface area contributed by atoms with Gasteiger partial charge in [0.05, 0.1) is 5.56 Å². The van der Waals surface area contributed by atoms with Crippen LogP contribution in [0.4, 0.5) is 10.6 Å². The number of nitrogens with one attached hydrogen (secondary N) is 1. The molecule has 5 rings (SSSR count). The highest BCUT2D eigenvalue weighted by Gasteiger charge is 2.29. The third kappa shape index (κ3) is 4.26. The molecule has 2 aliphatic rings. The van der Waals surface area contributed by atoms with Crippen LogP contribution in [0, 0.1) is 0 Å². The lowest BCUT2D eigenvalue weighted by Gasteiger charge is -2.33. The number of fused-ring (bicyclic) bond motifs is 3. The number of pyridine rings is 1. The first-order valence-electron chi connectivity index (χ1n) is 11.2. The Labute approximate surface area is 192 Å². The summed E-state index contributed by atoms with van der Waals surface area (Å²) in [6.45, 7) is 1.76. The standard InChI is InChI=1S/C26H25N3O4/c30-25(31)17-9-10-24(27-15-17)29-13-11-18(12-14-29)28-26(32)33-16-23-21-7-3-1-5-19(21)20-6-2-4-8-22(20)23/h1-10,15,18,23H,11-14,16H2,(H,28,32)(H,30,31). The van der Waals surface area contributed by atoms with Gasteiger partial charge in [-0.15, -0.1) is 0 Å². The molecule has 1 aromatic heterocycles. The van der Waals surface area contributed by atoms with Gasteiger partial charge in [-0.05, 0) is 47.2 Å². The summed E-state index contributed by atoms with van der Waals surface area (Å²) in [6.07, 6.45) is 2.52. The summed E-state index contributed by atoms with van der Waals surface area (Å²) in [4.78, 5) is 29.9. The van der Waals surface area contributed by atoms with Gasteiger partial charge in [-0.2, -0.15) is 0 Å². The Hall–Kier alpha value is -3.87. The number of carbonyl (C=O) groups is 2. The number of carbonyl (C=O) groups excluding carboxylic acids is 1. The molecule has 1 aliphatic carbocycles. The fourth-order valence-electron chi connectivity index (χ4n) is 4.76. The first-order valence-corrected chi connectivity index (χ1v) is 11.2. The van der Waals surface area contributed by atoms with Gasteiger partial charge in [0.15, 0.2) is 0 Å². The van der Waals surface area contributed by atoms with Crippen molar-refractivity contribution in [3.8, 4) is 11.1 Å². The molecule has 2 N–H and O–H groups in total. The zero-order valence-electron chi connectivity index (χ0n) is 18.1. The van der Waals surface area contributed by atoms with Crippen molar-refractivity contribution < 1.29 is 19.4 Å². The van der Waals surface area contributed by atoms with E-state index in [9.17, 15) is 9.59 Å². The summed E-state index contributed by atoms with van der Waals surface area (Å²) in [6, 6.07) is 19.9. The van der Waals surface area contributed by atoms with Crippen LogP contribution in [0.15, 0.2) is 66.9 Å². The molecule has 0 unspecified atom stereocenters. The Morgan fingerprint density at radius 2 is 1.61 bits per heavy atom. The number of amides is 1. The number of piperidine rings is 1. The largest absolute Gasteiger partial charge is 0.478 e. The van der Waals surface area contributed by atoms with E-state index in [1.54, 1.807) is 12.1 Å². The highest BCUT2D eigenvalue weighted by Crippen LogP contribution is 2.44. The second kappa shape index (κ2) is 8.94. The van der Waals surface area contributed by atoms with Crippen LogP contribution in [-0.2, 0) is 4.74 Å². The molecule has 1 amide bonds. The van der Waals surface area contributed by atoms with Crippen LogP contribution in [0.2, 0.25) is 0 Å². The van der Waals surface area contributed by atoms with E-state index in [0.717, 1.165) is 31.7 Å². The van der Waals surface area contributed by atoms with Crippen molar-refractivity contribution in [2.45, 2.75) is 24.8 Å². The van der Waals surface area contributed by atoms with Crippen molar-refractivity contribution in [1.82, 2.24) is 10.3 Å². The topological polar surface area (TPSA) is 91.8 Å². The molecule has 1 fully saturated rings. The molecule has 3 aromatic rings. The van der Waals surface area contributed by atoms with Gasteiger partial charge in [-0.3, -0.25) is 0 Å². The number of aromatic carboxylic acids is 1. The van der Waals surface area contributed by atoms with E-state index >= 15 is 0 Å². The number of benzene rings is 2. The van der Waals surface area contributed by atoms with Gasteiger partial charge in [0, 0.05) is 31.2 Å². The number of rotatable bonds is 5. The van der Waals surface area contributed by atoms with Gasteiger partial charge in [0.25, 0.3) is 0 Å². The molecule has 2 aromatic carbocycles. The number of ether oxygens (including phenoxy) is 1. The fraction of sp³-hybridized carbons (Fsp3) is 0.269. The minimum atomic E-state index is -0.986. The maximum atomic E-state index is 12.5. The second-order valence-electron chi connectivity index (χ2n) is 8.44. The van der Waals surface area contributed by atoms with Crippen LogP contribution < -0.4 is 10.2 Å². The van der Waals surface area contributed by atoms with Crippen LogP contribution in [0.3, 0.4) is 0 Å². The third-order valence-electron chi connectivity index (χ3n) is 6.48. The van der Waals surface area contributed by atoms with E-state index in [-0.39, 0.29) is 23.6 Å². The second-order valence-corrected chi connectivity index (χ2v) is 8.44. The summed E-state index contributed by atoms with van der Waals surface area (Å²) in [5.41, 5.74) is 4.98. The number of aromatic nitrogens is 1. The monoisotopic (exact) mass is 443 g/mol. The van der Waals surface area contributed by atoms with E-state index in [2.05, 4.69) is 39.5 Å². The number of hydrogen-bond acceptors (Lipinski definition) is 5. The van der Waals surface area contributed by atoms with E-state index in [1.807, 2.05) is 24.3 Å². The molecule has 0 radical (unpaired) electrons. The molecule has 0 bridgehead atoms. The zero-order valence-corrected chi connectivity index (χ0v) is 18.1. The van der Waals surface area contributed by atoms with E-state index < -0.39 is 5.97 Å². The van der Waals surface area contributed by atoms with Crippen molar-refractivity contribution in [3.05, 3.63) is 83.6 Å². The summed E-state index contributed by atoms with van der Waals surface area (Å²) in [5.74, 6) is -0.190. The van der Waals surface area contributed by atoms with Crippen molar-refractivity contribution in [3.63, 3.8) is 0 Å². The average molecular weight is 444 g/mol. The van der Waals surface area contributed by atoms with Gasteiger partial charge in [0.2, 0.25) is 0 Å². The van der Waals surface area contributed by atoms with E-state index in [0.29, 0.717) is 6.61 Å². The molecular weight excluding hydrogens is 418 g/mol. The number of hydrogen-bond donors (Lipinski definition) is 2. The summed E-state index contributed by atoms with van der Waals surface area (Å²) in [5, 5.41) is 12.0. The predicted octanol–water partition coefficient (Wildman–Crippen LogP) is 4.29. The molecule has 1 aliphatic heterocycles.